The first kappa shape index (κ1) is 17.6. The van der Waals surface area contributed by atoms with Crippen molar-refractivity contribution in [2.24, 2.45) is 0 Å². The summed E-state index contributed by atoms with van der Waals surface area (Å²) in [5.74, 6) is 2.12. The molecule has 142 valence electrons. The van der Waals surface area contributed by atoms with E-state index in [1.165, 1.54) is 4.31 Å². The standard InChI is InChI=1S/C16H23N5O4S/c1-11-15(12(2)25-19-11)26(22,23)21-7-3-6-20(8-9-21)10-14-17-18-16(24-14)13-4-5-13/h13H,3-10H2,1-2H3. The van der Waals surface area contributed by atoms with Crippen LogP contribution in [0.3, 0.4) is 0 Å². The van der Waals surface area contributed by atoms with Gasteiger partial charge in [-0.2, -0.15) is 4.31 Å². The van der Waals surface area contributed by atoms with Crippen molar-refractivity contribution >= 4 is 10.0 Å². The lowest BCUT2D eigenvalue weighted by Gasteiger charge is -2.20. The van der Waals surface area contributed by atoms with Gasteiger partial charge in [-0.3, -0.25) is 4.90 Å². The van der Waals surface area contributed by atoms with Crippen LogP contribution in [0.5, 0.6) is 0 Å². The number of rotatable bonds is 5. The number of nitrogens with zero attached hydrogens (tertiary/aromatic N) is 5. The maximum Gasteiger partial charge on any atom is 0.248 e. The highest BCUT2D eigenvalue weighted by molar-refractivity contribution is 7.89. The summed E-state index contributed by atoms with van der Waals surface area (Å²) in [6, 6.07) is 0. The van der Waals surface area contributed by atoms with E-state index in [0.717, 1.165) is 31.7 Å². The van der Waals surface area contributed by atoms with E-state index in [1.807, 2.05) is 0 Å². The van der Waals surface area contributed by atoms with E-state index in [0.29, 0.717) is 49.4 Å². The topological polar surface area (TPSA) is 106 Å². The van der Waals surface area contributed by atoms with E-state index in [2.05, 4.69) is 20.3 Å². The van der Waals surface area contributed by atoms with Crippen LogP contribution in [0.4, 0.5) is 0 Å². The molecule has 0 radical (unpaired) electrons. The number of sulfonamides is 1. The molecular weight excluding hydrogens is 358 g/mol. The van der Waals surface area contributed by atoms with Crippen molar-refractivity contribution in [3.8, 4) is 0 Å². The Labute approximate surface area is 152 Å². The molecule has 0 unspecified atom stereocenters. The van der Waals surface area contributed by atoms with Crippen LogP contribution in [-0.4, -0.2) is 59.2 Å². The number of aromatic nitrogens is 3. The highest BCUT2D eigenvalue weighted by Crippen LogP contribution is 2.39. The van der Waals surface area contributed by atoms with Gasteiger partial charge < -0.3 is 8.94 Å². The van der Waals surface area contributed by atoms with Crippen LogP contribution in [0.15, 0.2) is 13.8 Å². The van der Waals surface area contributed by atoms with Crippen LogP contribution in [0.25, 0.3) is 0 Å². The average molecular weight is 381 g/mol. The largest absolute Gasteiger partial charge is 0.424 e. The van der Waals surface area contributed by atoms with Gasteiger partial charge in [0, 0.05) is 25.6 Å². The summed E-state index contributed by atoms with van der Waals surface area (Å²) >= 11 is 0. The molecule has 1 saturated carbocycles. The van der Waals surface area contributed by atoms with E-state index in [4.69, 9.17) is 8.94 Å². The molecule has 4 rings (SSSR count). The van der Waals surface area contributed by atoms with Crippen molar-refractivity contribution in [2.75, 3.05) is 26.2 Å². The van der Waals surface area contributed by atoms with Crippen molar-refractivity contribution in [3.05, 3.63) is 23.2 Å². The van der Waals surface area contributed by atoms with Crippen LogP contribution < -0.4 is 0 Å². The normalized spacial score (nSPS) is 20.4. The second-order valence-electron chi connectivity index (χ2n) is 7.00. The third-order valence-electron chi connectivity index (χ3n) is 4.88. The van der Waals surface area contributed by atoms with Crippen molar-refractivity contribution in [2.45, 2.75) is 50.5 Å². The Kier molecular flexibility index (Phi) is 4.57. The first-order chi connectivity index (χ1) is 12.4. The van der Waals surface area contributed by atoms with Gasteiger partial charge >= 0.3 is 0 Å². The van der Waals surface area contributed by atoms with Crippen molar-refractivity contribution in [3.63, 3.8) is 0 Å². The fraction of sp³-hybridized carbons (Fsp3) is 0.688. The van der Waals surface area contributed by atoms with Crippen LogP contribution >= 0.6 is 0 Å². The Morgan fingerprint density at radius 1 is 1.12 bits per heavy atom. The first-order valence-electron chi connectivity index (χ1n) is 8.93. The van der Waals surface area contributed by atoms with Crippen molar-refractivity contribution in [1.29, 1.82) is 0 Å². The molecular formula is C16H23N5O4S. The molecule has 0 N–H and O–H groups in total. The molecule has 2 aromatic rings. The second kappa shape index (κ2) is 6.75. The van der Waals surface area contributed by atoms with Gasteiger partial charge in [0.05, 0.1) is 6.54 Å². The first-order valence-corrected chi connectivity index (χ1v) is 10.4. The number of hydrogen-bond donors (Lipinski definition) is 0. The summed E-state index contributed by atoms with van der Waals surface area (Å²) in [6.07, 6.45) is 2.99. The van der Waals surface area contributed by atoms with Gasteiger partial charge in [0.15, 0.2) is 5.76 Å². The average Bonchev–Trinajstić information content (AvgIpc) is 3.30. The lowest BCUT2D eigenvalue weighted by Crippen LogP contribution is -2.35. The molecule has 2 aliphatic rings. The van der Waals surface area contributed by atoms with Gasteiger partial charge in [0.25, 0.3) is 0 Å². The van der Waals surface area contributed by atoms with Gasteiger partial charge in [-0.15, -0.1) is 10.2 Å². The lowest BCUT2D eigenvalue weighted by atomic mass is 10.4. The molecule has 2 fully saturated rings. The Hall–Kier alpha value is -1.78. The van der Waals surface area contributed by atoms with E-state index < -0.39 is 10.0 Å². The lowest BCUT2D eigenvalue weighted by molar-refractivity contribution is 0.247. The van der Waals surface area contributed by atoms with Crippen molar-refractivity contribution < 1.29 is 17.4 Å². The minimum Gasteiger partial charge on any atom is -0.424 e. The molecule has 3 heterocycles. The Morgan fingerprint density at radius 2 is 1.92 bits per heavy atom. The van der Waals surface area contributed by atoms with Crippen LogP contribution in [0, 0.1) is 13.8 Å². The number of aryl methyl sites for hydroxylation is 2. The molecule has 0 aromatic carbocycles. The molecule has 10 heteroatoms. The van der Waals surface area contributed by atoms with Crippen molar-refractivity contribution in [1.82, 2.24) is 24.6 Å². The third kappa shape index (κ3) is 3.40. The van der Waals surface area contributed by atoms with E-state index >= 15 is 0 Å². The fourth-order valence-electron chi connectivity index (χ4n) is 3.33. The van der Waals surface area contributed by atoms with Crippen LogP contribution in [0.2, 0.25) is 0 Å². The maximum absolute atomic E-state index is 13.0. The van der Waals surface area contributed by atoms with Crippen LogP contribution in [-0.2, 0) is 16.6 Å². The predicted molar refractivity (Wildman–Crippen MR) is 90.9 cm³/mol. The Balaban J connectivity index is 1.42. The summed E-state index contributed by atoms with van der Waals surface area (Å²) in [4.78, 5) is 2.35. The monoisotopic (exact) mass is 381 g/mol. The molecule has 0 atom stereocenters. The molecule has 0 spiro atoms. The van der Waals surface area contributed by atoms with Gasteiger partial charge in [-0.25, -0.2) is 8.42 Å². The number of hydrogen-bond acceptors (Lipinski definition) is 8. The Bertz CT molecular complexity index is 867. The zero-order valence-electron chi connectivity index (χ0n) is 15.0. The van der Waals surface area contributed by atoms with Gasteiger partial charge in [0.2, 0.25) is 21.8 Å². The minimum absolute atomic E-state index is 0.192. The summed E-state index contributed by atoms with van der Waals surface area (Å²) in [7, 11) is -3.60. The van der Waals surface area contributed by atoms with Gasteiger partial charge in [-0.05, 0) is 39.7 Å². The third-order valence-corrected chi connectivity index (χ3v) is 7.02. The zero-order chi connectivity index (χ0) is 18.3. The van der Waals surface area contributed by atoms with Gasteiger partial charge in [-0.1, -0.05) is 5.16 Å². The quantitative estimate of drug-likeness (QED) is 0.766. The predicted octanol–water partition coefficient (Wildman–Crippen LogP) is 1.45. The molecule has 26 heavy (non-hydrogen) atoms. The molecule has 0 amide bonds. The van der Waals surface area contributed by atoms with Crippen LogP contribution in [0.1, 0.15) is 48.4 Å². The van der Waals surface area contributed by atoms with E-state index in [-0.39, 0.29) is 4.90 Å². The van der Waals surface area contributed by atoms with E-state index in [1.54, 1.807) is 13.8 Å². The SMILES string of the molecule is Cc1noc(C)c1S(=O)(=O)N1CCCN(Cc2nnc(C3CC3)o2)CC1. The van der Waals surface area contributed by atoms with Gasteiger partial charge in [0.1, 0.15) is 10.6 Å². The smallest absolute Gasteiger partial charge is 0.248 e. The molecule has 1 aliphatic carbocycles. The molecule has 1 aliphatic heterocycles. The molecule has 1 saturated heterocycles. The summed E-state index contributed by atoms with van der Waals surface area (Å²) in [5.41, 5.74) is 0.405. The highest BCUT2D eigenvalue weighted by Gasteiger charge is 2.33. The highest BCUT2D eigenvalue weighted by atomic mass is 32.2. The molecule has 9 nitrogen and oxygen atoms in total. The summed E-state index contributed by atoms with van der Waals surface area (Å²) in [5, 5.41) is 12.0. The maximum atomic E-state index is 13.0. The molecule has 0 bridgehead atoms. The molecule has 2 aromatic heterocycles. The fourth-order valence-corrected chi connectivity index (χ4v) is 5.10. The minimum atomic E-state index is -3.60. The second-order valence-corrected chi connectivity index (χ2v) is 8.87. The summed E-state index contributed by atoms with van der Waals surface area (Å²) in [6.45, 7) is 6.12. The Morgan fingerprint density at radius 3 is 2.62 bits per heavy atom. The summed E-state index contributed by atoms with van der Waals surface area (Å²) < 4.78 is 38.2. The zero-order valence-corrected chi connectivity index (χ0v) is 15.8. The van der Waals surface area contributed by atoms with E-state index in [9.17, 15) is 8.42 Å².